The lowest BCUT2D eigenvalue weighted by molar-refractivity contribution is 0.672. The van der Waals surface area contributed by atoms with E-state index in [2.05, 4.69) is 199 Å². The van der Waals surface area contributed by atoms with Crippen LogP contribution >= 0.6 is 0 Å². The molecule has 0 spiro atoms. The zero-order valence-corrected chi connectivity index (χ0v) is 29.4. The predicted molar refractivity (Wildman–Crippen MR) is 229 cm³/mol. The Morgan fingerprint density at radius 1 is 0.333 bits per heavy atom. The first-order chi connectivity index (χ1) is 26.8. The second kappa shape index (κ2) is 12.2. The van der Waals surface area contributed by atoms with E-state index in [0.717, 1.165) is 55.3 Å². The molecule has 0 saturated carbocycles. The van der Waals surface area contributed by atoms with Crippen LogP contribution in [0.4, 0.5) is 17.1 Å². The molecule has 10 aromatic carbocycles. The lowest BCUT2D eigenvalue weighted by Gasteiger charge is -2.29. The van der Waals surface area contributed by atoms with E-state index in [4.69, 9.17) is 4.42 Å². The van der Waals surface area contributed by atoms with E-state index in [-0.39, 0.29) is 0 Å². The van der Waals surface area contributed by atoms with Gasteiger partial charge in [0.25, 0.3) is 0 Å². The molecule has 0 amide bonds. The summed E-state index contributed by atoms with van der Waals surface area (Å²) in [5, 5.41) is 12.1. The fraction of sp³-hybridized carbons (Fsp3) is 0. The van der Waals surface area contributed by atoms with Crippen LogP contribution in [-0.4, -0.2) is 0 Å². The normalized spacial score (nSPS) is 11.7. The van der Waals surface area contributed by atoms with Crippen LogP contribution in [0.1, 0.15) is 0 Å². The van der Waals surface area contributed by atoms with E-state index >= 15 is 0 Å². The van der Waals surface area contributed by atoms with Gasteiger partial charge in [0.15, 0.2) is 0 Å². The van der Waals surface area contributed by atoms with Crippen LogP contribution in [0.3, 0.4) is 0 Å². The Morgan fingerprint density at radius 2 is 0.944 bits per heavy atom. The average molecular weight is 688 g/mol. The summed E-state index contributed by atoms with van der Waals surface area (Å²) in [7, 11) is 0. The zero-order valence-electron chi connectivity index (χ0n) is 29.4. The van der Waals surface area contributed by atoms with Crippen molar-refractivity contribution in [3.8, 4) is 22.3 Å². The van der Waals surface area contributed by atoms with E-state index in [9.17, 15) is 0 Å². The molecule has 2 nitrogen and oxygen atoms in total. The van der Waals surface area contributed by atoms with Gasteiger partial charge in [-0.2, -0.15) is 0 Å². The molecule has 0 saturated heterocycles. The first kappa shape index (κ1) is 30.5. The van der Waals surface area contributed by atoms with Crippen molar-refractivity contribution in [1.82, 2.24) is 0 Å². The lowest BCUT2D eigenvalue weighted by atomic mass is 9.94. The van der Waals surface area contributed by atoms with Gasteiger partial charge >= 0.3 is 0 Å². The van der Waals surface area contributed by atoms with Crippen molar-refractivity contribution in [1.29, 1.82) is 0 Å². The van der Waals surface area contributed by atoms with Gasteiger partial charge in [0, 0.05) is 27.4 Å². The van der Waals surface area contributed by atoms with Crippen LogP contribution in [0, 0.1) is 0 Å². The molecule has 11 rings (SSSR count). The average Bonchev–Trinajstić information content (AvgIpc) is 3.63. The van der Waals surface area contributed by atoms with E-state index in [0.29, 0.717) is 0 Å². The van der Waals surface area contributed by atoms with Crippen LogP contribution in [0.15, 0.2) is 205 Å². The Morgan fingerprint density at radius 3 is 1.81 bits per heavy atom. The maximum atomic E-state index is 6.68. The van der Waals surface area contributed by atoms with Crippen molar-refractivity contribution in [2.24, 2.45) is 0 Å². The molecule has 1 heterocycles. The third kappa shape index (κ3) is 4.81. The Kier molecular flexibility index (Phi) is 6.90. The first-order valence-corrected chi connectivity index (χ1v) is 18.5. The molecule has 1 aromatic heterocycles. The van der Waals surface area contributed by atoms with Gasteiger partial charge in [-0.1, -0.05) is 158 Å². The van der Waals surface area contributed by atoms with Gasteiger partial charge in [0.1, 0.15) is 11.2 Å². The highest BCUT2D eigenvalue weighted by molar-refractivity contribution is 6.20. The maximum absolute atomic E-state index is 6.68. The molecule has 0 radical (unpaired) electrons. The highest BCUT2D eigenvalue weighted by atomic mass is 16.3. The third-order valence-electron chi connectivity index (χ3n) is 11.0. The van der Waals surface area contributed by atoms with Gasteiger partial charge in [-0.3, -0.25) is 0 Å². The minimum atomic E-state index is 0.895. The lowest BCUT2D eigenvalue weighted by Crippen LogP contribution is -2.11. The number of anilines is 3. The Labute approximate surface area is 312 Å². The largest absolute Gasteiger partial charge is 0.455 e. The number of fused-ring (bicyclic) bond motifs is 10. The minimum absolute atomic E-state index is 0.895. The smallest absolute Gasteiger partial charge is 0.145 e. The van der Waals surface area contributed by atoms with Gasteiger partial charge in [-0.25, -0.2) is 0 Å². The standard InChI is InChI=1S/C52H33NO/c1-2-11-35(12-3-1)43-16-6-8-18-48(43)53(49-19-10-14-37-24-32-47-46-17-7-9-20-50(46)54-52(47)51(37)49)40-27-21-34(22-28-40)38-25-29-42-39(33-38)26-31-44-41-15-5-4-13-36(41)23-30-45(42)44/h1-33H. The van der Waals surface area contributed by atoms with E-state index in [1.54, 1.807) is 0 Å². The van der Waals surface area contributed by atoms with Gasteiger partial charge in [0.05, 0.1) is 11.4 Å². The first-order valence-electron chi connectivity index (χ1n) is 18.5. The molecule has 0 atom stereocenters. The number of nitrogens with zero attached hydrogens (tertiary/aromatic N) is 1. The van der Waals surface area contributed by atoms with Gasteiger partial charge in [0.2, 0.25) is 0 Å². The predicted octanol–water partition coefficient (Wildman–Crippen LogP) is 15.0. The van der Waals surface area contributed by atoms with Crippen LogP contribution < -0.4 is 4.90 Å². The molecule has 0 fully saturated rings. The van der Waals surface area contributed by atoms with Crippen molar-refractivity contribution in [2.45, 2.75) is 0 Å². The van der Waals surface area contributed by atoms with Crippen molar-refractivity contribution in [3.05, 3.63) is 200 Å². The van der Waals surface area contributed by atoms with Gasteiger partial charge < -0.3 is 9.32 Å². The van der Waals surface area contributed by atoms with Crippen LogP contribution in [-0.2, 0) is 0 Å². The number of furan rings is 1. The summed E-state index contributed by atoms with van der Waals surface area (Å²) < 4.78 is 6.68. The molecular formula is C52H33NO. The number of benzene rings is 10. The molecule has 0 unspecified atom stereocenters. The van der Waals surface area contributed by atoms with Crippen LogP contribution in [0.25, 0.3) is 87.3 Å². The molecule has 11 aromatic rings. The molecule has 0 aliphatic rings. The fourth-order valence-electron chi connectivity index (χ4n) is 8.47. The second-order valence-electron chi connectivity index (χ2n) is 14.1. The summed E-state index contributed by atoms with van der Waals surface area (Å²) in [6.07, 6.45) is 0. The Bertz CT molecular complexity index is 3210. The summed E-state index contributed by atoms with van der Waals surface area (Å²) in [6.45, 7) is 0. The van der Waals surface area contributed by atoms with Gasteiger partial charge in [-0.05, 0) is 96.9 Å². The van der Waals surface area contributed by atoms with E-state index in [1.807, 2.05) is 6.07 Å². The third-order valence-corrected chi connectivity index (χ3v) is 11.0. The number of hydrogen-bond donors (Lipinski definition) is 0. The molecule has 0 bridgehead atoms. The SMILES string of the molecule is c1ccc(-c2ccccc2N(c2ccc(-c3ccc4c(ccc5c6ccccc6ccc45)c3)cc2)c2cccc3ccc4c5ccccc5oc4c23)cc1. The minimum Gasteiger partial charge on any atom is -0.455 e. The van der Waals surface area contributed by atoms with Crippen molar-refractivity contribution in [2.75, 3.05) is 4.90 Å². The number of para-hydroxylation sites is 2. The molecule has 0 aliphatic carbocycles. The topological polar surface area (TPSA) is 16.4 Å². The summed E-state index contributed by atoms with van der Waals surface area (Å²) in [6, 6.07) is 72.2. The number of hydrogen-bond acceptors (Lipinski definition) is 2. The summed E-state index contributed by atoms with van der Waals surface area (Å²) in [5.41, 5.74) is 9.73. The molecule has 0 aliphatic heterocycles. The molecule has 54 heavy (non-hydrogen) atoms. The quantitative estimate of drug-likeness (QED) is 0.168. The second-order valence-corrected chi connectivity index (χ2v) is 14.1. The highest BCUT2D eigenvalue weighted by Gasteiger charge is 2.22. The maximum Gasteiger partial charge on any atom is 0.145 e. The monoisotopic (exact) mass is 687 g/mol. The van der Waals surface area contributed by atoms with Crippen LogP contribution in [0.5, 0.6) is 0 Å². The Balaban J connectivity index is 1.09. The summed E-state index contributed by atoms with van der Waals surface area (Å²) in [5.74, 6) is 0. The molecule has 0 N–H and O–H groups in total. The molecule has 2 heteroatoms. The van der Waals surface area contributed by atoms with Crippen molar-refractivity contribution < 1.29 is 4.42 Å². The van der Waals surface area contributed by atoms with E-state index < -0.39 is 0 Å². The molecular weight excluding hydrogens is 655 g/mol. The molecule has 252 valence electrons. The van der Waals surface area contributed by atoms with Crippen molar-refractivity contribution in [3.63, 3.8) is 0 Å². The summed E-state index contributed by atoms with van der Waals surface area (Å²) in [4.78, 5) is 2.40. The van der Waals surface area contributed by atoms with Gasteiger partial charge in [-0.15, -0.1) is 0 Å². The Hall–Kier alpha value is -7.16. The van der Waals surface area contributed by atoms with Crippen molar-refractivity contribution >= 4 is 82.1 Å². The fourth-order valence-corrected chi connectivity index (χ4v) is 8.47. The zero-order chi connectivity index (χ0) is 35.6. The summed E-state index contributed by atoms with van der Waals surface area (Å²) >= 11 is 0. The van der Waals surface area contributed by atoms with E-state index in [1.165, 1.54) is 49.0 Å². The van der Waals surface area contributed by atoms with Crippen LogP contribution in [0.2, 0.25) is 0 Å². The highest BCUT2D eigenvalue weighted by Crippen LogP contribution is 2.46. The number of rotatable bonds is 5.